The molecule has 4 atom stereocenters. The molecule has 0 radical (unpaired) electrons. The maximum atomic E-state index is 13.7. The van der Waals surface area contributed by atoms with Crippen molar-refractivity contribution in [3.05, 3.63) is 76.6 Å². The zero-order valence-electron chi connectivity index (χ0n) is 20.5. The number of halogens is 4. The van der Waals surface area contributed by atoms with Crippen LogP contribution < -0.4 is 10.6 Å². The van der Waals surface area contributed by atoms with E-state index in [-0.39, 0.29) is 29.5 Å². The highest BCUT2D eigenvalue weighted by atomic mass is 19.4. The van der Waals surface area contributed by atoms with Crippen LogP contribution in [-0.2, 0) is 22.9 Å². The van der Waals surface area contributed by atoms with E-state index < -0.39 is 23.1 Å². The topological polar surface area (TPSA) is 44.4 Å². The minimum absolute atomic E-state index is 0.0556. The van der Waals surface area contributed by atoms with Gasteiger partial charge in [0.2, 0.25) is 5.91 Å². The Morgan fingerprint density at radius 1 is 1.22 bits per heavy atom. The van der Waals surface area contributed by atoms with Gasteiger partial charge in [-0.1, -0.05) is 43.3 Å². The molecule has 2 heterocycles. The molecule has 4 nitrogen and oxygen atoms in total. The molecule has 2 fully saturated rings. The van der Waals surface area contributed by atoms with E-state index in [1.165, 1.54) is 11.1 Å². The van der Waals surface area contributed by atoms with Crippen LogP contribution in [0.2, 0.25) is 0 Å². The first-order valence-electron chi connectivity index (χ1n) is 12.4. The Morgan fingerprint density at radius 2 is 2.00 bits per heavy atom. The van der Waals surface area contributed by atoms with Crippen molar-refractivity contribution in [1.82, 2.24) is 15.5 Å². The van der Waals surface area contributed by atoms with Crippen LogP contribution in [0.5, 0.6) is 0 Å². The van der Waals surface area contributed by atoms with Crippen molar-refractivity contribution < 1.29 is 22.4 Å². The first-order chi connectivity index (χ1) is 17.0. The van der Waals surface area contributed by atoms with Crippen LogP contribution in [0, 0.1) is 11.7 Å². The lowest BCUT2D eigenvalue weighted by molar-refractivity contribution is -0.137. The predicted octanol–water partition coefficient (Wildman–Crippen LogP) is 4.89. The number of nitrogens with one attached hydrogen (secondary N) is 2. The third kappa shape index (κ3) is 4.45. The van der Waals surface area contributed by atoms with E-state index in [0.717, 1.165) is 31.6 Å². The molecule has 0 bridgehead atoms. The van der Waals surface area contributed by atoms with Gasteiger partial charge in [0.05, 0.1) is 11.1 Å². The van der Waals surface area contributed by atoms with Crippen molar-refractivity contribution >= 4 is 12.0 Å². The van der Waals surface area contributed by atoms with Gasteiger partial charge < -0.3 is 10.6 Å². The molecular formula is C28H31F4N3O. The summed E-state index contributed by atoms with van der Waals surface area (Å²) in [5.41, 5.74) is 0.924. The van der Waals surface area contributed by atoms with Crippen molar-refractivity contribution in [3.63, 3.8) is 0 Å². The number of piperidine rings is 1. The summed E-state index contributed by atoms with van der Waals surface area (Å²) in [6.45, 7) is 6.45. The molecule has 5 rings (SSSR count). The first kappa shape index (κ1) is 25.0. The Hall–Kier alpha value is -2.71. The fraction of sp³-hybridized carbons (Fsp3) is 0.464. The van der Waals surface area contributed by atoms with Crippen LogP contribution in [0.15, 0.2) is 48.5 Å². The highest BCUT2D eigenvalue weighted by Crippen LogP contribution is 2.47. The van der Waals surface area contributed by atoms with E-state index in [9.17, 15) is 22.4 Å². The van der Waals surface area contributed by atoms with E-state index in [0.29, 0.717) is 24.9 Å². The summed E-state index contributed by atoms with van der Waals surface area (Å²) in [6.07, 6.45) is 1.56. The van der Waals surface area contributed by atoms with Gasteiger partial charge in [-0.25, -0.2) is 4.39 Å². The van der Waals surface area contributed by atoms with Crippen molar-refractivity contribution in [1.29, 1.82) is 0 Å². The van der Waals surface area contributed by atoms with Gasteiger partial charge in [-0.2, -0.15) is 13.2 Å². The molecule has 192 valence electrons. The smallest absolute Gasteiger partial charge is 0.350 e. The molecule has 2 N–H and O–H groups in total. The lowest BCUT2D eigenvalue weighted by Gasteiger charge is -2.46. The van der Waals surface area contributed by atoms with Crippen molar-refractivity contribution in [2.75, 3.05) is 19.6 Å². The number of carbonyl (C=O) groups is 1. The molecule has 2 aromatic carbocycles. The zero-order valence-corrected chi connectivity index (χ0v) is 20.5. The number of fused-ring (bicyclic) bond motifs is 2. The Bertz CT molecular complexity index is 1200. The van der Waals surface area contributed by atoms with Crippen molar-refractivity contribution in [2.45, 2.75) is 56.4 Å². The van der Waals surface area contributed by atoms with Gasteiger partial charge in [-0.15, -0.1) is 0 Å². The summed E-state index contributed by atoms with van der Waals surface area (Å²) in [7, 11) is 0. The van der Waals surface area contributed by atoms with Crippen LogP contribution in [0.25, 0.3) is 6.08 Å². The van der Waals surface area contributed by atoms with E-state index in [2.05, 4.69) is 58.9 Å². The second kappa shape index (κ2) is 8.99. The van der Waals surface area contributed by atoms with Gasteiger partial charge >= 0.3 is 6.18 Å². The molecule has 1 aliphatic carbocycles. The number of rotatable bonds is 4. The van der Waals surface area contributed by atoms with Crippen molar-refractivity contribution in [3.8, 4) is 0 Å². The Balaban J connectivity index is 1.20. The normalized spacial score (nSPS) is 30.1. The predicted molar refractivity (Wildman–Crippen MR) is 131 cm³/mol. The van der Waals surface area contributed by atoms with E-state index >= 15 is 0 Å². The highest BCUT2D eigenvalue weighted by Gasteiger charge is 2.48. The van der Waals surface area contributed by atoms with Crippen molar-refractivity contribution in [2.24, 2.45) is 5.92 Å². The Kier molecular flexibility index (Phi) is 6.24. The average molecular weight is 502 g/mol. The molecule has 2 saturated heterocycles. The van der Waals surface area contributed by atoms with Gasteiger partial charge in [0.15, 0.2) is 0 Å². The van der Waals surface area contributed by atoms with Crippen LogP contribution in [-0.4, -0.2) is 42.0 Å². The molecule has 36 heavy (non-hydrogen) atoms. The first-order valence-corrected chi connectivity index (χ1v) is 12.4. The third-order valence-electron chi connectivity index (χ3n) is 8.35. The summed E-state index contributed by atoms with van der Waals surface area (Å²) >= 11 is 0. The Labute approximate surface area is 208 Å². The molecule has 1 amide bonds. The fourth-order valence-electron chi connectivity index (χ4n) is 6.24. The summed E-state index contributed by atoms with van der Waals surface area (Å²) in [5, 5.41) is 6.04. The summed E-state index contributed by atoms with van der Waals surface area (Å²) in [5.74, 6) is -0.851. The number of carbonyl (C=O) groups excluding carboxylic acids is 1. The zero-order chi connectivity index (χ0) is 25.7. The standard InChI is InChI=1S/C28H31F4N3O/c1-18-17-35(10-9-27(18)8-7-20-5-3-4-6-24(20)27)23-14-26(2,34-16-23)25(36)33-15-19-11-21(28(30,31)32)13-22(29)12-19/h3-8,11-13,18,23,34H,9-10,14-17H2,1-2H3,(H,33,36)/t18-,23?,26?,27-/m0/s1. The minimum Gasteiger partial charge on any atom is -0.350 e. The number of likely N-dealkylation sites (tertiary alicyclic amines) is 1. The lowest BCUT2D eigenvalue weighted by atomic mass is 9.68. The number of amides is 1. The van der Waals surface area contributed by atoms with E-state index in [1.807, 2.05) is 6.92 Å². The SMILES string of the molecule is C[C@H]1CN(C2CNC(C)(C(=O)NCc3cc(F)cc(C(F)(F)F)c3)C2)CC[C@@]12C=Cc1ccccc12. The maximum Gasteiger partial charge on any atom is 0.416 e. The van der Waals surface area contributed by atoms with Gasteiger partial charge in [0.25, 0.3) is 0 Å². The lowest BCUT2D eigenvalue weighted by Crippen LogP contribution is -2.52. The fourth-order valence-corrected chi connectivity index (χ4v) is 6.24. The summed E-state index contributed by atoms with van der Waals surface area (Å²) in [6, 6.07) is 11.1. The van der Waals surface area contributed by atoms with Gasteiger partial charge in [-0.3, -0.25) is 9.69 Å². The summed E-state index contributed by atoms with van der Waals surface area (Å²) in [4.78, 5) is 15.5. The second-order valence-corrected chi connectivity index (χ2v) is 10.7. The van der Waals surface area contributed by atoms with Gasteiger partial charge in [0.1, 0.15) is 5.82 Å². The Morgan fingerprint density at radius 3 is 2.75 bits per heavy atom. The molecule has 2 aromatic rings. The number of benzene rings is 2. The second-order valence-electron chi connectivity index (χ2n) is 10.7. The van der Waals surface area contributed by atoms with E-state index in [4.69, 9.17) is 0 Å². The van der Waals surface area contributed by atoms with Gasteiger partial charge in [0, 0.05) is 31.1 Å². The molecule has 1 spiro atoms. The maximum absolute atomic E-state index is 13.7. The van der Waals surface area contributed by atoms with Crippen LogP contribution in [0.1, 0.15) is 48.9 Å². The third-order valence-corrected chi connectivity index (χ3v) is 8.35. The number of hydrogen-bond donors (Lipinski definition) is 2. The summed E-state index contributed by atoms with van der Waals surface area (Å²) < 4.78 is 52.7. The molecule has 8 heteroatoms. The molecule has 0 aromatic heterocycles. The molecule has 3 aliphatic rings. The van der Waals surface area contributed by atoms with Gasteiger partial charge in [-0.05, 0) is 67.1 Å². The molecule has 0 saturated carbocycles. The monoisotopic (exact) mass is 501 g/mol. The van der Waals surface area contributed by atoms with Crippen LogP contribution >= 0.6 is 0 Å². The minimum atomic E-state index is -4.65. The number of alkyl halides is 3. The molecule has 2 aliphatic heterocycles. The average Bonchev–Trinajstić information content (AvgIpc) is 3.41. The largest absolute Gasteiger partial charge is 0.416 e. The molecule has 2 unspecified atom stereocenters. The van der Waals surface area contributed by atoms with Crippen LogP contribution in [0.4, 0.5) is 17.6 Å². The van der Waals surface area contributed by atoms with E-state index in [1.54, 1.807) is 0 Å². The highest BCUT2D eigenvalue weighted by molar-refractivity contribution is 5.86. The number of allylic oxidation sites excluding steroid dienone is 1. The quantitative estimate of drug-likeness (QED) is 0.587. The van der Waals surface area contributed by atoms with Crippen LogP contribution in [0.3, 0.4) is 0 Å². The number of nitrogens with zero attached hydrogens (tertiary/aromatic N) is 1. The number of hydrogen-bond acceptors (Lipinski definition) is 3. The molecular weight excluding hydrogens is 470 g/mol.